The largest absolute Gasteiger partial charge is 0.330 e. The Morgan fingerprint density at radius 2 is 2.28 bits per heavy atom. The predicted octanol–water partition coefficient (Wildman–Crippen LogP) is 3.32. The smallest absolute Gasteiger partial charge is 0.137 e. The molecule has 1 heterocycles. The third kappa shape index (κ3) is 2.76. The number of hydrogen-bond donors (Lipinski definition) is 1. The van der Waals surface area contributed by atoms with Crippen molar-refractivity contribution in [2.24, 2.45) is 11.7 Å². The fraction of sp³-hybridized carbons (Fsp3) is 0.571. The quantitative estimate of drug-likeness (QED) is 0.927. The zero-order valence-electron chi connectivity index (χ0n) is 10.9. The van der Waals surface area contributed by atoms with Gasteiger partial charge in [-0.25, -0.2) is 4.39 Å². The van der Waals surface area contributed by atoms with E-state index in [9.17, 15) is 4.39 Å². The molecule has 0 aliphatic carbocycles. The molecule has 1 aliphatic rings. The Labute approximate surface area is 116 Å². The number of likely N-dealkylation sites (tertiary alicyclic amines) is 1. The fourth-order valence-electron chi connectivity index (χ4n) is 2.84. The number of hydrogen-bond acceptors (Lipinski definition) is 2. The van der Waals surface area contributed by atoms with Gasteiger partial charge in [0.2, 0.25) is 0 Å². The first-order valence-corrected chi connectivity index (χ1v) is 7.23. The fourth-order valence-corrected chi connectivity index (χ4v) is 3.24. The molecule has 0 amide bonds. The molecule has 1 aliphatic heterocycles. The first-order chi connectivity index (χ1) is 8.52. The Kier molecular flexibility index (Phi) is 4.41. The van der Waals surface area contributed by atoms with E-state index in [1.807, 2.05) is 12.1 Å². The topological polar surface area (TPSA) is 29.3 Å². The van der Waals surface area contributed by atoms with Gasteiger partial charge >= 0.3 is 0 Å². The lowest BCUT2D eigenvalue weighted by Crippen LogP contribution is -2.30. The van der Waals surface area contributed by atoms with Crippen molar-refractivity contribution in [3.8, 4) is 0 Å². The molecule has 3 unspecified atom stereocenters. The standard InChI is InChI=1S/C14H20BrFN2/c1-9-5-11(7-17)8-18(9)10(2)12-3-4-14(16)13(15)6-12/h3-4,6,9-11H,5,7-8,17H2,1-2H3. The Balaban J connectivity index is 2.15. The van der Waals surface area contributed by atoms with Crippen LogP contribution in [0.1, 0.15) is 31.9 Å². The van der Waals surface area contributed by atoms with Gasteiger partial charge in [-0.3, -0.25) is 4.90 Å². The summed E-state index contributed by atoms with van der Waals surface area (Å²) in [6.07, 6.45) is 1.16. The molecule has 0 bridgehead atoms. The summed E-state index contributed by atoms with van der Waals surface area (Å²) in [5.41, 5.74) is 6.90. The van der Waals surface area contributed by atoms with Crippen molar-refractivity contribution < 1.29 is 4.39 Å². The van der Waals surface area contributed by atoms with Gasteiger partial charge in [-0.2, -0.15) is 0 Å². The third-order valence-corrected chi connectivity index (χ3v) is 4.57. The molecule has 1 fully saturated rings. The molecule has 2 N–H and O–H groups in total. The van der Waals surface area contributed by atoms with Crippen LogP contribution in [0.3, 0.4) is 0 Å². The summed E-state index contributed by atoms with van der Waals surface area (Å²) in [4.78, 5) is 2.46. The normalized spacial score (nSPS) is 26.5. The molecule has 0 saturated carbocycles. The van der Waals surface area contributed by atoms with Crippen molar-refractivity contribution in [3.63, 3.8) is 0 Å². The third-order valence-electron chi connectivity index (χ3n) is 3.97. The summed E-state index contributed by atoms with van der Waals surface area (Å²) in [5.74, 6) is 0.381. The number of nitrogens with zero attached hydrogens (tertiary/aromatic N) is 1. The average Bonchev–Trinajstić information content (AvgIpc) is 2.73. The molecule has 0 radical (unpaired) electrons. The van der Waals surface area contributed by atoms with E-state index in [4.69, 9.17) is 5.73 Å². The second-order valence-corrected chi connectivity index (χ2v) is 6.09. The first kappa shape index (κ1) is 14.0. The van der Waals surface area contributed by atoms with Crippen LogP contribution in [0.15, 0.2) is 22.7 Å². The Morgan fingerprint density at radius 3 is 2.83 bits per heavy atom. The lowest BCUT2D eigenvalue weighted by molar-refractivity contribution is 0.200. The van der Waals surface area contributed by atoms with E-state index in [0.717, 1.165) is 25.1 Å². The molecule has 2 nitrogen and oxygen atoms in total. The lowest BCUT2D eigenvalue weighted by Gasteiger charge is -2.29. The van der Waals surface area contributed by atoms with Crippen molar-refractivity contribution in [1.29, 1.82) is 0 Å². The average molecular weight is 315 g/mol. The van der Waals surface area contributed by atoms with E-state index in [-0.39, 0.29) is 5.82 Å². The molecular formula is C14H20BrFN2. The van der Waals surface area contributed by atoms with E-state index in [1.165, 1.54) is 6.07 Å². The van der Waals surface area contributed by atoms with Crippen LogP contribution in [0.25, 0.3) is 0 Å². The molecule has 0 spiro atoms. The highest BCUT2D eigenvalue weighted by Gasteiger charge is 2.31. The maximum atomic E-state index is 13.3. The lowest BCUT2D eigenvalue weighted by atomic mass is 10.1. The van der Waals surface area contributed by atoms with Crippen LogP contribution < -0.4 is 5.73 Å². The van der Waals surface area contributed by atoms with Gasteiger partial charge in [-0.1, -0.05) is 6.07 Å². The molecule has 100 valence electrons. The van der Waals surface area contributed by atoms with E-state index in [1.54, 1.807) is 0 Å². The van der Waals surface area contributed by atoms with Gasteiger partial charge in [-0.05, 0) is 66.4 Å². The van der Waals surface area contributed by atoms with Crippen molar-refractivity contribution in [2.75, 3.05) is 13.1 Å². The van der Waals surface area contributed by atoms with Crippen LogP contribution in [0.2, 0.25) is 0 Å². The second kappa shape index (κ2) is 5.68. The Bertz CT molecular complexity index is 424. The van der Waals surface area contributed by atoms with Crippen molar-refractivity contribution in [3.05, 3.63) is 34.1 Å². The number of nitrogens with two attached hydrogens (primary N) is 1. The zero-order valence-corrected chi connectivity index (χ0v) is 12.5. The minimum atomic E-state index is -0.208. The minimum Gasteiger partial charge on any atom is -0.330 e. The van der Waals surface area contributed by atoms with Crippen LogP contribution >= 0.6 is 15.9 Å². The summed E-state index contributed by atoms with van der Waals surface area (Å²) in [7, 11) is 0. The maximum absolute atomic E-state index is 13.3. The van der Waals surface area contributed by atoms with Crippen molar-refractivity contribution in [2.45, 2.75) is 32.4 Å². The number of benzene rings is 1. The summed E-state index contributed by atoms with van der Waals surface area (Å²) < 4.78 is 13.8. The van der Waals surface area contributed by atoms with E-state index in [0.29, 0.717) is 22.5 Å². The molecule has 2 rings (SSSR count). The van der Waals surface area contributed by atoms with Gasteiger partial charge < -0.3 is 5.73 Å². The molecule has 1 saturated heterocycles. The van der Waals surface area contributed by atoms with E-state index >= 15 is 0 Å². The van der Waals surface area contributed by atoms with Crippen LogP contribution in [0.4, 0.5) is 4.39 Å². The highest BCUT2D eigenvalue weighted by Crippen LogP contribution is 2.32. The summed E-state index contributed by atoms with van der Waals surface area (Å²) in [6.45, 7) is 6.20. The van der Waals surface area contributed by atoms with Gasteiger partial charge in [0, 0.05) is 18.6 Å². The monoisotopic (exact) mass is 314 g/mol. The molecule has 1 aromatic rings. The van der Waals surface area contributed by atoms with Crippen molar-refractivity contribution >= 4 is 15.9 Å². The van der Waals surface area contributed by atoms with Gasteiger partial charge in [0.05, 0.1) is 4.47 Å². The highest BCUT2D eigenvalue weighted by atomic mass is 79.9. The van der Waals surface area contributed by atoms with Crippen LogP contribution in [0, 0.1) is 11.7 Å². The molecule has 0 aromatic heterocycles. The molecule has 18 heavy (non-hydrogen) atoms. The minimum absolute atomic E-state index is 0.208. The summed E-state index contributed by atoms with van der Waals surface area (Å²) >= 11 is 3.25. The Hall–Kier alpha value is -0.450. The maximum Gasteiger partial charge on any atom is 0.137 e. The number of rotatable bonds is 3. The van der Waals surface area contributed by atoms with Gasteiger partial charge in [0.15, 0.2) is 0 Å². The first-order valence-electron chi connectivity index (χ1n) is 6.43. The zero-order chi connectivity index (χ0) is 13.3. The van der Waals surface area contributed by atoms with E-state index < -0.39 is 0 Å². The number of halogens is 2. The van der Waals surface area contributed by atoms with Crippen LogP contribution in [-0.4, -0.2) is 24.0 Å². The Morgan fingerprint density at radius 1 is 1.56 bits per heavy atom. The second-order valence-electron chi connectivity index (χ2n) is 5.23. The summed E-state index contributed by atoms with van der Waals surface area (Å²) in [6, 6.07) is 6.11. The molecule has 1 aromatic carbocycles. The molecule has 3 atom stereocenters. The van der Waals surface area contributed by atoms with Crippen LogP contribution in [-0.2, 0) is 0 Å². The van der Waals surface area contributed by atoms with Gasteiger partial charge in [0.1, 0.15) is 5.82 Å². The van der Waals surface area contributed by atoms with Gasteiger partial charge in [-0.15, -0.1) is 0 Å². The molecule has 4 heteroatoms. The van der Waals surface area contributed by atoms with Gasteiger partial charge in [0.25, 0.3) is 0 Å². The van der Waals surface area contributed by atoms with Crippen LogP contribution in [0.5, 0.6) is 0 Å². The predicted molar refractivity (Wildman–Crippen MR) is 75.8 cm³/mol. The summed E-state index contributed by atoms with van der Waals surface area (Å²) in [5, 5.41) is 0. The SMILES string of the molecule is CC1CC(CN)CN1C(C)c1ccc(F)c(Br)c1. The van der Waals surface area contributed by atoms with Crippen molar-refractivity contribution in [1.82, 2.24) is 4.90 Å². The van der Waals surface area contributed by atoms with E-state index in [2.05, 4.69) is 34.7 Å². The molecular weight excluding hydrogens is 295 g/mol. The highest BCUT2D eigenvalue weighted by molar-refractivity contribution is 9.10.